The largest absolute Gasteiger partial charge is 0.573 e. The van der Waals surface area contributed by atoms with Gasteiger partial charge in [0.2, 0.25) is 5.91 Å². The number of piperidine rings is 1. The number of amides is 2. The molecule has 184 valence electrons. The number of carbonyl (C=O) groups is 2. The highest BCUT2D eigenvalue weighted by molar-refractivity contribution is 5.98. The number of carbonyl (C=O) groups excluding carboxylic acids is 2. The van der Waals surface area contributed by atoms with Crippen LogP contribution in [0, 0.1) is 5.92 Å². The predicted molar refractivity (Wildman–Crippen MR) is 124 cm³/mol. The van der Waals surface area contributed by atoms with E-state index in [1.165, 1.54) is 12.1 Å². The van der Waals surface area contributed by atoms with E-state index in [4.69, 9.17) is 0 Å². The van der Waals surface area contributed by atoms with Crippen molar-refractivity contribution >= 4 is 17.5 Å². The molecule has 1 fully saturated rings. The highest BCUT2D eigenvalue weighted by Gasteiger charge is 2.36. The molecule has 0 saturated carbocycles. The Morgan fingerprint density at radius 2 is 1.68 bits per heavy atom. The van der Waals surface area contributed by atoms with E-state index in [-0.39, 0.29) is 22.9 Å². The number of nitrogens with one attached hydrogen (secondary N) is 2. The van der Waals surface area contributed by atoms with Gasteiger partial charge in [0.05, 0.1) is 0 Å². The van der Waals surface area contributed by atoms with Crippen molar-refractivity contribution in [3.8, 4) is 5.75 Å². The van der Waals surface area contributed by atoms with Gasteiger partial charge >= 0.3 is 6.36 Å². The Balaban J connectivity index is 1.63. The van der Waals surface area contributed by atoms with Crippen molar-refractivity contribution in [1.82, 2.24) is 10.2 Å². The number of likely N-dealkylation sites (tertiary alicyclic amines) is 1. The lowest BCUT2D eigenvalue weighted by molar-refractivity contribution is -0.274. The minimum atomic E-state index is -4.86. The average molecular weight is 478 g/mol. The molecule has 0 spiro atoms. The molecule has 0 unspecified atom stereocenters. The number of benzene rings is 2. The lowest BCUT2D eigenvalue weighted by atomic mass is 9.88. The van der Waals surface area contributed by atoms with Gasteiger partial charge in [-0.3, -0.25) is 9.59 Å². The van der Waals surface area contributed by atoms with E-state index in [2.05, 4.69) is 22.3 Å². The Morgan fingerprint density at radius 1 is 1.03 bits per heavy atom. The summed E-state index contributed by atoms with van der Waals surface area (Å²) in [7, 11) is 0. The maximum absolute atomic E-state index is 13.2. The number of hydrogen-bond donors (Lipinski definition) is 2. The standard InChI is InChI=1S/C25H30F3N3O3/c1-17(2)21(29-22(32)18-8-7-11-20(16-18)34-25(26,27)28)23(33)31-14-12-24(3,13-15-31)30-19-9-5-4-6-10-19/h4-11,16-17,21,30H,12-15H2,1-3H3,(H,29,32)/t21-/m1/s1. The van der Waals surface area contributed by atoms with Gasteiger partial charge in [0, 0.05) is 29.9 Å². The fraction of sp³-hybridized carbons (Fsp3) is 0.440. The van der Waals surface area contributed by atoms with Gasteiger partial charge in [-0.25, -0.2) is 0 Å². The monoisotopic (exact) mass is 477 g/mol. The van der Waals surface area contributed by atoms with Crippen molar-refractivity contribution in [3.05, 3.63) is 60.2 Å². The molecule has 1 heterocycles. The maximum atomic E-state index is 13.2. The van der Waals surface area contributed by atoms with Gasteiger partial charge in [0.25, 0.3) is 5.91 Å². The summed E-state index contributed by atoms with van der Waals surface area (Å²) in [5.74, 6) is -1.53. The zero-order valence-corrected chi connectivity index (χ0v) is 19.5. The van der Waals surface area contributed by atoms with Crippen LogP contribution in [0.2, 0.25) is 0 Å². The Kier molecular flexibility index (Phi) is 7.74. The zero-order chi connectivity index (χ0) is 24.9. The van der Waals surface area contributed by atoms with Crippen LogP contribution in [-0.2, 0) is 4.79 Å². The van der Waals surface area contributed by atoms with Crippen molar-refractivity contribution in [2.24, 2.45) is 5.92 Å². The third kappa shape index (κ3) is 6.88. The van der Waals surface area contributed by atoms with Crippen LogP contribution >= 0.6 is 0 Å². The van der Waals surface area contributed by atoms with Gasteiger partial charge in [-0.2, -0.15) is 0 Å². The molecular formula is C25H30F3N3O3. The zero-order valence-electron chi connectivity index (χ0n) is 19.5. The van der Waals surface area contributed by atoms with Crippen molar-refractivity contribution in [2.45, 2.75) is 51.6 Å². The number of rotatable bonds is 7. The van der Waals surface area contributed by atoms with Gasteiger partial charge in [-0.15, -0.1) is 13.2 Å². The lowest BCUT2D eigenvalue weighted by Gasteiger charge is -2.42. The van der Waals surface area contributed by atoms with E-state index < -0.39 is 24.1 Å². The molecule has 3 rings (SSSR count). The Bertz CT molecular complexity index is 988. The van der Waals surface area contributed by atoms with Gasteiger partial charge < -0.3 is 20.3 Å². The molecule has 2 N–H and O–H groups in total. The fourth-order valence-electron chi connectivity index (χ4n) is 3.98. The minimum absolute atomic E-state index is 0.0153. The third-order valence-corrected chi connectivity index (χ3v) is 5.95. The van der Waals surface area contributed by atoms with Crippen LogP contribution in [0.25, 0.3) is 0 Å². The maximum Gasteiger partial charge on any atom is 0.573 e. The van der Waals surface area contributed by atoms with Crippen molar-refractivity contribution in [3.63, 3.8) is 0 Å². The Labute approximate surface area is 197 Å². The molecule has 9 heteroatoms. The summed E-state index contributed by atoms with van der Waals surface area (Å²) in [5, 5.41) is 6.24. The number of alkyl halides is 3. The van der Waals surface area contributed by atoms with Crippen LogP contribution in [0.4, 0.5) is 18.9 Å². The molecule has 2 amide bonds. The molecule has 0 radical (unpaired) electrons. The summed E-state index contributed by atoms with van der Waals surface area (Å²) < 4.78 is 41.4. The Morgan fingerprint density at radius 3 is 2.26 bits per heavy atom. The molecule has 0 aromatic heterocycles. The Hall–Kier alpha value is -3.23. The van der Waals surface area contributed by atoms with Crippen LogP contribution in [0.5, 0.6) is 5.75 Å². The normalized spacial score (nSPS) is 16.6. The van der Waals surface area contributed by atoms with E-state index in [0.29, 0.717) is 13.1 Å². The van der Waals surface area contributed by atoms with Crippen LogP contribution < -0.4 is 15.4 Å². The lowest BCUT2D eigenvalue weighted by Crippen LogP contribution is -2.56. The summed E-state index contributed by atoms with van der Waals surface area (Å²) in [6.45, 7) is 6.82. The molecule has 2 aromatic rings. The molecule has 34 heavy (non-hydrogen) atoms. The summed E-state index contributed by atoms with van der Waals surface area (Å²) in [4.78, 5) is 27.7. The summed E-state index contributed by atoms with van der Waals surface area (Å²) >= 11 is 0. The summed E-state index contributed by atoms with van der Waals surface area (Å²) in [5.41, 5.74) is 0.848. The van der Waals surface area contributed by atoms with Crippen molar-refractivity contribution in [2.75, 3.05) is 18.4 Å². The van der Waals surface area contributed by atoms with Gasteiger partial charge in [-0.1, -0.05) is 38.1 Å². The number of halogens is 3. The highest BCUT2D eigenvalue weighted by Crippen LogP contribution is 2.28. The van der Waals surface area contributed by atoms with Crippen LogP contribution in [0.3, 0.4) is 0 Å². The van der Waals surface area contributed by atoms with E-state index in [9.17, 15) is 22.8 Å². The minimum Gasteiger partial charge on any atom is -0.406 e. The summed E-state index contributed by atoms with van der Waals surface area (Å²) in [6, 6.07) is 13.9. The van der Waals surface area contributed by atoms with Crippen LogP contribution in [-0.4, -0.2) is 47.7 Å². The van der Waals surface area contributed by atoms with Crippen molar-refractivity contribution in [1.29, 1.82) is 0 Å². The van der Waals surface area contributed by atoms with E-state index in [1.54, 1.807) is 4.90 Å². The first-order valence-electron chi connectivity index (χ1n) is 11.2. The second kappa shape index (κ2) is 10.4. The van der Waals surface area contributed by atoms with Gasteiger partial charge in [0.1, 0.15) is 11.8 Å². The predicted octanol–water partition coefficient (Wildman–Crippen LogP) is 4.83. The second-order valence-corrected chi connectivity index (χ2v) is 9.15. The van der Waals surface area contributed by atoms with E-state index in [0.717, 1.165) is 30.7 Å². The molecular weight excluding hydrogens is 447 g/mol. The average Bonchev–Trinajstić information content (AvgIpc) is 2.76. The van der Waals surface area contributed by atoms with Gasteiger partial charge in [0.15, 0.2) is 0 Å². The quantitative estimate of drug-likeness (QED) is 0.599. The third-order valence-electron chi connectivity index (χ3n) is 5.95. The van der Waals surface area contributed by atoms with Crippen LogP contribution in [0.15, 0.2) is 54.6 Å². The molecule has 6 nitrogen and oxygen atoms in total. The molecule has 0 aliphatic carbocycles. The first kappa shape index (κ1) is 25.4. The summed E-state index contributed by atoms with van der Waals surface area (Å²) in [6.07, 6.45) is -3.38. The van der Waals surface area contributed by atoms with E-state index >= 15 is 0 Å². The number of para-hydroxylation sites is 1. The molecule has 1 saturated heterocycles. The SMILES string of the molecule is CC(C)[C@@H](NC(=O)c1cccc(OC(F)(F)F)c1)C(=O)N1CCC(C)(Nc2ccccc2)CC1. The number of hydrogen-bond acceptors (Lipinski definition) is 4. The molecule has 1 aliphatic heterocycles. The molecule has 2 aromatic carbocycles. The van der Waals surface area contributed by atoms with E-state index in [1.807, 2.05) is 44.2 Å². The number of nitrogens with zero attached hydrogens (tertiary/aromatic N) is 1. The van der Waals surface area contributed by atoms with Crippen molar-refractivity contribution < 1.29 is 27.5 Å². The first-order valence-corrected chi connectivity index (χ1v) is 11.2. The number of ether oxygens (including phenoxy) is 1. The highest BCUT2D eigenvalue weighted by atomic mass is 19.4. The second-order valence-electron chi connectivity index (χ2n) is 9.15. The van der Waals surface area contributed by atoms with Gasteiger partial charge in [-0.05, 0) is 56.0 Å². The molecule has 1 aliphatic rings. The molecule has 1 atom stereocenters. The topological polar surface area (TPSA) is 70.7 Å². The number of anilines is 1. The fourth-order valence-corrected chi connectivity index (χ4v) is 3.98. The molecule has 0 bridgehead atoms. The first-order chi connectivity index (χ1) is 16.0. The smallest absolute Gasteiger partial charge is 0.406 e. The van der Waals surface area contributed by atoms with Crippen LogP contribution in [0.1, 0.15) is 44.0 Å².